The van der Waals surface area contributed by atoms with Crippen molar-refractivity contribution in [3.05, 3.63) is 29.3 Å². The first-order chi connectivity index (χ1) is 9.08. The summed E-state index contributed by atoms with van der Waals surface area (Å²) >= 11 is 0. The lowest BCUT2D eigenvalue weighted by molar-refractivity contribution is 0.0953. The monoisotopic (exact) mass is 262 g/mol. The first-order valence-electron chi connectivity index (χ1n) is 6.73. The molecule has 0 saturated heterocycles. The lowest BCUT2D eigenvalue weighted by Gasteiger charge is -2.27. The van der Waals surface area contributed by atoms with E-state index in [4.69, 9.17) is 11.6 Å². The maximum atomic E-state index is 11.6. The van der Waals surface area contributed by atoms with Crippen LogP contribution in [0.5, 0.6) is 0 Å². The number of aryl methyl sites for hydroxylation is 1. The fourth-order valence-electron chi connectivity index (χ4n) is 2.58. The predicted molar refractivity (Wildman–Crippen MR) is 76.7 cm³/mol. The third-order valence-electron chi connectivity index (χ3n) is 3.61. The predicted octanol–water partition coefficient (Wildman–Crippen LogP) is 1.28. The van der Waals surface area contributed by atoms with Gasteiger partial charge < -0.3 is 11.1 Å². The van der Waals surface area contributed by atoms with Crippen LogP contribution in [0.1, 0.15) is 41.6 Å². The van der Waals surface area contributed by atoms with Gasteiger partial charge >= 0.3 is 0 Å². The minimum absolute atomic E-state index is 0.266. The highest BCUT2D eigenvalue weighted by Crippen LogP contribution is 2.22. The van der Waals surface area contributed by atoms with Gasteiger partial charge in [0.1, 0.15) is 0 Å². The van der Waals surface area contributed by atoms with E-state index in [1.807, 2.05) is 25.1 Å². The molecule has 0 aromatic heterocycles. The summed E-state index contributed by atoms with van der Waals surface area (Å²) in [4.78, 5) is 11.6. The van der Waals surface area contributed by atoms with Gasteiger partial charge in [-0.05, 0) is 56.4 Å². The third-order valence-corrected chi connectivity index (χ3v) is 3.61. The second kappa shape index (κ2) is 6.04. The van der Waals surface area contributed by atoms with Gasteiger partial charge in [0, 0.05) is 23.3 Å². The topological polar surface area (TPSA) is 93.2 Å². The number of nitrogens with two attached hydrogens (primary N) is 2. The Morgan fingerprint density at radius 3 is 2.53 bits per heavy atom. The van der Waals surface area contributed by atoms with Crippen LogP contribution in [0.15, 0.2) is 18.2 Å². The summed E-state index contributed by atoms with van der Waals surface area (Å²) in [6.07, 6.45) is 4.26. The molecule has 0 radical (unpaired) electrons. The summed E-state index contributed by atoms with van der Waals surface area (Å²) in [7, 11) is 0. The number of rotatable bonds is 3. The standard InChI is InChI=1S/C14H22N4O/c1-9-6-10(14(19)18-16)8-13(7-9)17-12-4-2-11(15)3-5-12/h6-8,11-12,17H,2-5,15-16H2,1H3,(H,18,19). The number of benzene rings is 1. The Kier molecular flexibility index (Phi) is 4.39. The van der Waals surface area contributed by atoms with Crippen LogP contribution >= 0.6 is 0 Å². The number of hydrazine groups is 1. The number of carbonyl (C=O) groups is 1. The fourth-order valence-corrected chi connectivity index (χ4v) is 2.58. The van der Waals surface area contributed by atoms with Crippen molar-refractivity contribution < 1.29 is 4.79 Å². The molecule has 0 aliphatic heterocycles. The van der Waals surface area contributed by atoms with Crippen molar-refractivity contribution in [2.75, 3.05) is 5.32 Å². The van der Waals surface area contributed by atoms with Crippen molar-refractivity contribution in [1.29, 1.82) is 0 Å². The third kappa shape index (κ3) is 3.68. The highest BCUT2D eigenvalue weighted by Gasteiger charge is 2.18. The molecule has 1 aromatic rings. The number of hydrogen-bond donors (Lipinski definition) is 4. The van der Waals surface area contributed by atoms with Crippen LogP contribution in [0.3, 0.4) is 0 Å². The van der Waals surface area contributed by atoms with Crippen molar-refractivity contribution in [3.8, 4) is 0 Å². The first-order valence-corrected chi connectivity index (χ1v) is 6.73. The van der Waals surface area contributed by atoms with E-state index in [2.05, 4.69) is 10.7 Å². The van der Waals surface area contributed by atoms with Crippen molar-refractivity contribution in [2.24, 2.45) is 11.6 Å². The summed E-state index contributed by atoms with van der Waals surface area (Å²) < 4.78 is 0. The molecule has 5 nitrogen and oxygen atoms in total. The number of anilines is 1. The van der Waals surface area contributed by atoms with Gasteiger partial charge in [0.25, 0.3) is 5.91 Å². The molecule has 1 saturated carbocycles. The molecule has 6 N–H and O–H groups in total. The summed E-state index contributed by atoms with van der Waals surface area (Å²) in [6.45, 7) is 1.97. The molecule has 0 atom stereocenters. The molecule has 104 valence electrons. The Morgan fingerprint density at radius 1 is 1.21 bits per heavy atom. The van der Waals surface area contributed by atoms with Crippen LogP contribution < -0.4 is 22.3 Å². The number of amides is 1. The first kappa shape index (κ1) is 13.8. The van der Waals surface area contributed by atoms with E-state index in [1.165, 1.54) is 0 Å². The summed E-state index contributed by atoms with van der Waals surface area (Å²) in [5.74, 6) is 4.90. The van der Waals surface area contributed by atoms with Crippen LogP contribution in [0.4, 0.5) is 5.69 Å². The Morgan fingerprint density at radius 2 is 1.89 bits per heavy atom. The van der Waals surface area contributed by atoms with Crippen LogP contribution in [0.25, 0.3) is 0 Å². The largest absolute Gasteiger partial charge is 0.382 e. The van der Waals surface area contributed by atoms with Gasteiger partial charge in [-0.3, -0.25) is 10.2 Å². The lowest BCUT2D eigenvalue weighted by Crippen LogP contribution is -2.33. The van der Waals surface area contributed by atoms with E-state index in [-0.39, 0.29) is 5.91 Å². The highest BCUT2D eigenvalue weighted by atomic mass is 16.2. The Bertz CT molecular complexity index is 453. The molecule has 1 amide bonds. The summed E-state index contributed by atoms with van der Waals surface area (Å²) in [5, 5.41) is 3.49. The molecule has 0 bridgehead atoms. The van der Waals surface area contributed by atoms with Gasteiger partial charge in [0.2, 0.25) is 0 Å². The molecular weight excluding hydrogens is 240 g/mol. The second-order valence-electron chi connectivity index (χ2n) is 5.32. The highest BCUT2D eigenvalue weighted by molar-refractivity contribution is 5.94. The molecule has 5 heteroatoms. The number of carbonyl (C=O) groups excluding carboxylic acids is 1. The Labute approximate surface area is 113 Å². The molecule has 19 heavy (non-hydrogen) atoms. The van der Waals surface area contributed by atoms with E-state index in [0.29, 0.717) is 17.6 Å². The van der Waals surface area contributed by atoms with Crippen LogP contribution in [-0.2, 0) is 0 Å². The maximum Gasteiger partial charge on any atom is 0.265 e. The van der Waals surface area contributed by atoms with Gasteiger partial charge in [-0.2, -0.15) is 0 Å². The zero-order valence-corrected chi connectivity index (χ0v) is 11.3. The molecule has 1 fully saturated rings. The fraction of sp³-hybridized carbons (Fsp3) is 0.500. The summed E-state index contributed by atoms with van der Waals surface area (Å²) in [5.41, 5.74) is 10.7. The maximum absolute atomic E-state index is 11.6. The number of nitrogens with one attached hydrogen (secondary N) is 2. The van der Waals surface area contributed by atoms with Crippen LogP contribution in [-0.4, -0.2) is 18.0 Å². The summed E-state index contributed by atoms with van der Waals surface area (Å²) in [6, 6.07) is 6.49. The second-order valence-corrected chi connectivity index (χ2v) is 5.32. The zero-order chi connectivity index (χ0) is 13.8. The smallest absolute Gasteiger partial charge is 0.265 e. The number of hydrogen-bond acceptors (Lipinski definition) is 4. The van der Waals surface area contributed by atoms with Crippen molar-refractivity contribution in [3.63, 3.8) is 0 Å². The molecular formula is C14H22N4O. The van der Waals surface area contributed by atoms with Gasteiger partial charge in [0.15, 0.2) is 0 Å². The molecule has 1 aromatic carbocycles. The van der Waals surface area contributed by atoms with E-state index in [1.54, 1.807) is 0 Å². The normalized spacial score (nSPS) is 22.9. The zero-order valence-electron chi connectivity index (χ0n) is 11.3. The molecule has 1 aliphatic rings. The minimum Gasteiger partial charge on any atom is -0.382 e. The van der Waals surface area contributed by atoms with E-state index in [9.17, 15) is 4.79 Å². The minimum atomic E-state index is -0.266. The van der Waals surface area contributed by atoms with Gasteiger partial charge in [-0.25, -0.2) is 5.84 Å². The van der Waals surface area contributed by atoms with Crippen molar-refractivity contribution in [1.82, 2.24) is 5.43 Å². The molecule has 0 unspecified atom stereocenters. The van der Waals surface area contributed by atoms with Crippen molar-refractivity contribution in [2.45, 2.75) is 44.7 Å². The lowest BCUT2D eigenvalue weighted by atomic mass is 9.91. The van der Waals surface area contributed by atoms with Gasteiger partial charge in [0.05, 0.1) is 0 Å². The average Bonchev–Trinajstić information content (AvgIpc) is 2.40. The van der Waals surface area contributed by atoms with Crippen LogP contribution in [0.2, 0.25) is 0 Å². The average molecular weight is 262 g/mol. The molecule has 1 aliphatic carbocycles. The Hall–Kier alpha value is -1.59. The SMILES string of the molecule is Cc1cc(NC2CCC(N)CC2)cc(C(=O)NN)c1. The number of nitrogen functional groups attached to an aromatic ring is 1. The molecule has 2 rings (SSSR count). The Balaban J connectivity index is 2.07. The van der Waals surface area contributed by atoms with E-state index in [0.717, 1.165) is 36.9 Å². The van der Waals surface area contributed by atoms with Gasteiger partial charge in [-0.1, -0.05) is 0 Å². The van der Waals surface area contributed by atoms with E-state index < -0.39 is 0 Å². The molecule has 0 heterocycles. The van der Waals surface area contributed by atoms with Crippen LogP contribution in [0, 0.1) is 6.92 Å². The van der Waals surface area contributed by atoms with Crippen molar-refractivity contribution >= 4 is 11.6 Å². The molecule has 0 spiro atoms. The van der Waals surface area contributed by atoms with E-state index >= 15 is 0 Å². The van der Waals surface area contributed by atoms with Gasteiger partial charge in [-0.15, -0.1) is 0 Å². The quantitative estimate of drug-likeness (QED) is 0.375.